The molecule has 1 aliphatic heterocycles. The molecule has 0 bridgehead atoms. The molecule has 0 saturated carbocycles. The number of ether oxygens (including phenoxy) is 1. The van der Waals surface area contributed by atoms with Crippen molar-refractivity contribution in [2.45, 2.75) is 20.0 Å². The van der Waals surface area contributed by atoms with Crippen LogP contribution in [0.5, 0.6) is 5.75 Å². The van der Waals surface area contributed by atoms with Gasteiger partial charge in [0.05, 0.1) is 16.7 Å². The molecule has 1 unspecified atom stereocenters. The summed E-state index contributed by atoms with van der Waals surface area (Å²) in [6.07, 6.45) is -0.779. The third kappa shape index (κ3) is 2.85. The first kappa shape index (κ1) is 15.7. The van der Waals surface area contributed by atoms with E-state index in [4.69, 9.17) is 4.74 Å². The van der Waals surface area contributed by atoms with Crippen LogP contribution in [-0.4, -0.2) is 36.4 Å². The largest absolute Gasteiger partial charge is 0.478 e. The summed E-state index contributed by atoms with van der Waals surface area (Å²) >= 11 is 0. The Hall–Kier alpha value is -2.64. The second-order valence-corrected chi connectivity index (χ2v) is 5.29. The van der Waals surface area contributed by atoms with Gasteiger partial charge < -0.3 is 10.1 Å². The highest BCUT2D eigenvalue weighted by Gasteiger charge is 2.37. The lowest BCUT2D eigenvalue weighted by molar-refractivity contribution is -0.384. The van der Waals surface area contributed by atoms with E-state index in [0.29, 0.717) is 5.69 Å². The van der Waals surface area contributed by atoms with Gasteiger partial charge in [0.15, 0.2) is 11.9 Å². The van der Waals surface area contributed by atoms with Gasteiger partial charge in [0, 0.05) is 13.1 Å². The number of nitro groups is 1. The number of fused-ring (bicyclic) bond motifs is 1. The second kappa shape index (κ2) is 6.00. The van der Waals surface area contributed by atoms with Crippen LogP contribution in [0.15, 0.2) is 18.2 Å². The molecule has 0 saturated heterocycles. The Morgan fingerprint density at radius 1 is 1.50 bits per heavy atom. The van der Waals surface area contributed by atoms with Gasteiger partial charge >= 0.3 is 0 Å². The summed E-state index contributed by atoms with van der Waals surface area (Å²) in [7, 11) is 1.48. The molecule has 0 radical (unpaired) electrons. The van der Waals surface area contributed by atoms with Crippen LogP contribution in [0, 0.1) is 16.0 Å². The minimum absolute atomic E-state index is 0.129. The van der Waals surface area contributed by atoms with Crippen molar-refractivity contribution in [3.8, 4) is 5.75 Å². The zero-order valence-electron chi connectivity index (χ0n) is 12.5. The van der Waals surface area contributed by atoms with Gasteiger partial charge in [-0.2, -0.15) is 0 Å². The van der Waals surface area contributed by atoms with Crippen molar-refractivity contribution < 1.29 is 19.2 Å². The lowest BCUT2D eigenvalue weighted by Crippen LogP contribution is -2.51. The molecule has 0 aliphatic carbocycles. The van der Waals surface area contributed by atoms with Crippen LogP contribution < -0.4 is 15.0 Å². The standard InChI is InChI=1S/C14H17N3O5/c1-8(2)13-14(19)16(7-12(18)15-3)10-5-4-9(17(20)21)6-11(10)22-13/h4-6,8,13H,7H2,1-3H3,(H,15,18). The van der Waals surface area contributed by atoms with Crippen LogP contribution in [0.4, 0.5) is 11.4 Å². The molecule has 1 aromatic carbocycles. The van der Waals surface area contributed by atoms with Gasteiger partial charge in [0.25, 0.3) is 11.6 Å². The summed E-state index contributed by atoms with van der Waals surface area (Å²) < 4.78 is 5.61. The van der Waals surface area contributed by atoms with E-state index in [9.17, 15) is 19.7 Å². The molecular formula is C14H17N3O5. The minimum atomic E-state index is -0.779. The summed E-state index contributed by atoms with van der Waals surface area (Å²) in [5.41, 5.74) is 0.228. The summed E-state index contributed by atoms with van der Waals surface area (Å²) in [6.45, 7) is 3.46. The number of nitrogens with zero attached hydrogens (tertiary/aromatic N) is 2. The van der Waals surface area contributed by atoms with E-state index in [-0.39, 0.29) is 35.7 Å². The quantitative estimate of drug-likeness (QED) is 0.662. The Kier molecular flexibility index (Phi) is 4.30. The number of nitrogens with one attached hydrogen (secondary N) is 1. The van der Waals surface area contributed by atoms with Crippen molar-refractivity contribution >= 4 is 23.2 Å². The van der Waals surface area contributed by atoms with Gasteiger partial charge in [-0.25, -0.2) is 0 Å². The monoisotopic (exact) mass is 307 g/mol. The fraction of sp³-hybridized carbons (Fsp3) is 0.429. The van der Waals surface area contributed by atoms with E-state index < -0.39 is 11.0 Å². The number of nitro benzene ring substituents is 1. The normalized spacial score (nSPS) is 17.0. The zero-order chi connectivity index (χ0) is 16.4. The first-order valence-corrected chi connectivity index (χ1v) is 6.82. The maximum absolute atomic E-state index is 12.5. The van der Waals surface area contributed by atoms with Crippen LogP contribution in [0.25, 0.3) is 0 Å². The highest BCUT2D eigenvalue weighted by Crippen LogP contribution is 2.38. The number of anilines is 1. The number of non-ortho nitro benzene ring substituents is 1. The summed E-state index contributed by atoms with van der Waals surface area (Å²) in [4.78, 5) is 35.8. The van der Waals surface area contributed by atoms with E-state index in [0.717, 1.165) is 0 Å². The Bertz CT molecular complexity index is 629. The van der Waals surface area contributed by atoms with Gasteiger partial charge in [-0.3, -0.25) is 24.6 Å². The SMILES string of the molecule is CNC(=O)CN1C(=O)C(C(C)C)Oc2cc([N+](=O)[O-])ccc21. The van der Waals surface area contributed by atoms with Crippen LogP contribution in [0.1, 0.15) is 13.8 Å². The van der Waals surface area contributed by atoms with Gasteiger partial charge in [-0.1, -0.05) is 13.8 Å². The van der Waals surface area contributed by atoms with Crippen molar-refractivity contribution in [1.29, 1.82) is 0 Å². The number of rotatable bonds is 4. The fourth-order valence-corrected chi connectivity index (χ4v) is 2.20. The average Bonchev–Trinajstić information content (AvgIpc) is 2.48. The van der Waals surface area contributed by atoms with Crippen molar-refractivity contribution in [3.05, 3.63) is 28.3 Å². The number of amides is 2. The van der Waals surface area contributed by atoms with Crippen molar-refractivity contribution in [2.24, 2.45) is 5.92 Å². The Morgan fingerprint density at radius 2 is 2.18 bits per heavy atom. The molecule has 2 rings (SSSR count). The lowest BCUT2D eigenvalue weighted by Gasteiger charge is -2.35. The molecule has 8 nitrogen and oxygen atoms in total. The van der Waals surface area contributed by atoms with Gasteiger partial charge in [0.2, 0.25) is 5.91 Å². The molecule has 1 N–H and O–H groups in total. The molecule has 8 heteroatoms. The number of likely N-dealkylation sites (N-methyl/N-ethyl adjacent to an activating group) is 1. The predicted octanol–water partition coefficient (Wildman–Crippen LogP) is 1.09. The third-order valence-electron chi connectivity index (χ3n) is 3.39. The highest BCUT2D eigenvalue weighted by molar-refractivity contribution is 6.04. The molecule has 2 amide bonds. The zero-order valence-corrected chi connectivity index (χ0v) is 12.5. The Labute approximate surface area is 127 Å². The first-order valence-electron chi connectivity index (χ1n) is 6.82. The van der Waals surface area contributed by atoms with Crippen molar-refractivity contribution in [2.75, 3.05) is 18.5 Å². The molecular weight excluding hydrogens is 290 g/mol. The summed E-state index contributed by atoms with van der Waals surface area (Å²) in [5.74, 6) is -0.564. The van der Waals surface area contributed by atoms with Crippen LogP contribution in [-0.2, 0) is 9.59 Å². The third-order valence-corrected chi connectivity index (χ3v) is 3.39. The number of hydrogen-bond acceptors (Lipinski definition) is 5. The second-order valence-electron chi connectivity index (χ2n) is 5.29. The van der Waals surface area contributed by atoms with Gasteiger partial charge in [-0.05, 0) is 12.0 Å². The molecule has 1 aromatic rings. The molecule has 22 heavy (non-hydrogen) atoms. The number of hydrogen-bond donors (Lipinski definition) is 1. The number of carbonyl (C=O) groups excluding carboxylic acids is 2. The molecule has 118 valence electrons. The molecule has 0 fully saturated rings. The molecule has 1 heterocycles. The van der Waals surface area contributed by atoms with Crippen LogP contribution in [0.2, 0.25) is 0 Å². The van der Waals surface area contributed by atoms with E-state index in [2.05, 4.69) is 5.32 Å². The number of benzene rings is 1. The molecule has 0 spiro atoms. The minimum Gasteiger partial charge on any atom is -0.478 e. The highest BCUT2D eigenvalue weighted by atomic mass is 16.6. The van der Waals surface area contributed by atoms with Crippen LogP contribution >= 0.6 is 0 Å². The van der Waals surface area contributed by atoms with E-state index in [1.54, 1.807) is 0 Å². The summed E-state index contributed by atoms with van der Waals surface area (Å²) in [6, 6.07) is 3.97. The van der Waals surface area contributed by atoms with Crippen molar-refractivity contribution in [3.63, 3.8) is 0 Å². The molecule has 0 aromatic heterocycles. The van der Waals surface area contributed by atoms with E-state index >= 15 is 0 Å². The molecule has 1 aliphatic rings. The lowest BCUT2D eigenvalue weighted by atomic mass is 10.0. The van der Waals surface area contributed by atoms with Crippen LogP contribution in [0.3, 0.4) is 0 Å². The summed E-state index contributed by atoms with van der Waals surface area (Å²) in [5, 5.41) is 13.3. The first-order chi connectivity index (χ1) is 10.3. The van der Waals surface area contributed by atoms with E-state index in [1.165, 1.54) is 30.1 Å². The van der Waals surface area contributed by atoms with Gasteiger partial charge in [-0.15, -0.1) is 0 Å². The maximum atomic E-state index is 12.5. The Balaban J connectivity index is 2.47. The van der Waals surface area contributed by atoms with Gasteiger partial charge in [0.1, 0.15) is 6.54 Å². The topological polar surface area (TPSA) is 102 Å². The molecule has 1 atom stereocenters. The maximum Gasteiger partial charge on any atom is 0.273 e. The smallest absolute Gasteiger partial charge is 0.273 e. The van der Waals surface area contributed by atoms with E-state index in [1.807, 2.05) is 13.8 Å². The Morgan fingerprint density at radius 3 is 2.73 bits per heavy atom. The van der Waals surface area contributed by atoms with Crippen molar-refractivity contribution in [1.82, 2.24) is 5.32 Å². The predicted molar refractivity (Wildman–Crippen MR) is 78.8 cm³/mol. The average molecular weight is 307 g/mol. The fourth-order valence-electron chi connectivity index (χ4n) is 2.20. The number of carbonyl (C=O) groups is 2.